The average Bonchev–Trinajstić information content (AvgIpc) is 2.05. The zero-order chi connectivity index (χ0) is 8.97. The van der Waals surface area contributed by atoms with Gasteiger partial charge in [0.1, 0.15) is 5.75 Å². The van der Waals surface area contributed by atoms with Crippen molar-refractivity contribution in [3.63, 3.8) is 0 Å². The highest BCUT2D eigenvalue weighted by Crippen LogP contribution is 2.24. The zero-order valence-corrected chi connectivity index (χ0v) is 9.98. The molecule has 0 unspecified atom stereocenters. The summed E-state index contributed by atoms with van der Waals surface area (Å²) >= 11 is 6.87. The van der Waals surface area contributed by atoms with Gasteiger partial charge in [0.15, 0.2) is 0 Å². The minimum Gasteiger partial charge on any atom is -0.494 e. The monoisotopic (exact) mass is 292 g/mol. The molecule has 3 heteroatoms. The second-order valence-corrected chi connectivity index (χ2v) is 3.73. The van der Waals surface area contributed by atoms with Crippen LogP contribution in [0.25, 0.3) is 0 Å². The molecular formula is C9H10Br2O. The molecule has 0 amide bonds. The van der Waals surface area contributed by atoms with E-state index < -0.39 is 0 Å². The first-order valence-electron chi connectivity index (χ1n) is 3.75. The van der Waals surface area contributed by atoms with Gasteiger partial charge in [0, 0.05) is 9.80 Å². The molecule has 0 heterocycles. The van der Waals surface area contributed by atoms with E-state index in [1.165, 1.54) is 5.56 Å². The van der Waals surface area contributed by atoms with Crippen molar-refractivity contribution >= 4 is 31.9 Å². The van der Waals surface area contributed by atoms with Gasteiger partial charge in [0.05, 0.1) is 6.61 Å². The molecule has 0 saturated carbocycles. The van der Waals surface area contributed by atoms with E-state index in [0.717, 1.165) is 15.6 Å². The molecule has 0 atom stereocenters. The van der Waals surface area contributed by atoms with E-state index in [0.29, 0.717) is 6.61 Å². The predicted octanol–water partition coefficient (Wildman–Crippen LogP) is 3.74. The predicted molar refractivity (Wildman–Crippen MR) is 57.9 cm³/mol. The van der Waals surface area contributed by atoms with Crippen molar-refractivity contribution in [2.75, 3.05) is 6.61 Å². The van der Waals surface area contributed by atoms with Gasteiger partial charge in [-0.1, -0.05) is 37.9 Å². The number of rotatable bonds is 3. The van der Waals surface area contributed by atoms with Gasteiger partial charge in [0.2, 0.25) is 0 Å². The summed E-state index contributed by atoms with van der Waals surface area (Å²) in [4.78, 5) is 0. The third kappa shape index (κ3) is 2.49. The molecule has 0 N–H and O–H groups in total. The first kappa shape index (κ1) is 10.1. The van der Waals surface area contributed by atoms with Gasteiger partial charge in [-0.2, -0.15) is 0 Å². The number of hydrogen-bond acceptors (Lipinski definition) is 1. The summed E-state index contributed by atoms with van der Waals surface area (Å²) in [6, 6.07) is 6.01. The van der Waals surface area contributed by atoms with Crippen molar-refractivity contribution in [3.8, 4) is 5.75 Å². The normalized spacial score (nSPS) is 9.92. The van der Waals surface area contributed by atoms with Crippen LogP contribution in [0.4, 0.5) is 0 Å². The lowest BCUT2D eigenvalue weighted by Crippen LogP contribution is -1.91. The third-order valence-corrected chi connectivity index (χ3v) is 2.82. The maximum Gasteiger partial charge on any atom is 0.120 e. The lowest BCUT2D eigenvalue weighted by molar-refractivity contribution is 0.340. The van der Waals surface area contributed by atoms with E-state index in [1.54, 1.807) is 0 Å². The van der Waals surface area contributed by atoms with Crippen LogP contribution in [0.5, 0.6) is 5.75 Å². The molecule has 0 aromatic heterocycles. The summed E-state index contributed by atoms with van der Waals surface area (Å²) in [5.41, 5.74) is 1.23. The number of benzene rings is 1. The number of halogens is 2. The molecule has 0 spiro atoms. The molecule has 0 aliphatic rings. The fourth-order valence-electron chi connectivity index (χ4n) is 0.893. The fraction of sp³-hybridized carbons (Fsp3) is 0.333. The van der Waals surface area contributed by atoms with Crippen molar-refractivity contribution in [1.82, 2.24) is 0 Å². The molecule has 1 aromatic rings. The van der Waals surface area contributed by atoms with Gasteiger partial charge in [-0.3, -0.25) is 0 Å². The molecule has 1 rings (SSSR count). The van der Waals surface area contributed by atoms with Crippen LogP contribution < -0.4 is 4.74 Å². The van der Waals surface area contributed by atoms with Crippen LogP contribution in [0.1, 0.15) is 12.5 Å². The van der Waals surface area contributed by atoms with E-state index in [-0.39, 0.29) is 0 Å². The first-order valence-corrected chi connectivity index (χ1v) is 5.66. The Labute approximate surface area is 89.4 Å². The summed E-state index contributed by atoms with van der Waals surface area (Å²) in [6.45, 7) is 2.69. The lowest BCUT2D eigenvalue weighted by atomic mass is 10.2. The molecule has 12 heavy (non-hydrogen) atoms. The van der Waals surface area contributed by atoms with Crippen molar-refractivity contribution in [3.05, 3.63) is 28.2 Å². The molecular weight excluding hydrogens is 284 g/mol. The lowest BCUT2D eigenvalue weighted by Gasteiger charge is -2.05. The Morgan fingerprint density at radius 3 is 2.67 bits per heavy atom. The molecule has 66 valence electrons. The fourth-order valence-corrected chi connectivity index (χ4v) is 2.26. The number of alkyl halides is 1. The molecule has 0 bridgehead atoms. The Kier molecular flexibility index (Phi) is 4.09. The smallest absolute Gasteiger partial charge is 0.120 e. The van der Waals surface area contributed by atoms with E-state index >= 15 is 0 Å². The molecule has 1 aromatic carbocycles. The maximum absolute atomic E-state index is 5.34. The van der Waals surface area contributed by atoms with E-state index in [4.69, 9.17) is 4.74 Å². The summed E-state index contributed by atoms with van der Waals surface area (Å²) in [5, 5.41) is 0.861. The van der Waals surface area contributed by atoms with Crippen molar-refractivity contribution in [1.29, 1.82) is 0 Å². The molecule has 0 aliphatic carbocycles. The molecule has 0 radical (unpaired) electrons. The van der Waals surface area contributed by atoms with Crippen molar-refractivity contribution in [2.24, 2.45) is 0 Å². The van der Waals surface area contributed by atoms with Gasteiger partial charge in [0.25, 0.3) is 0 Å². The largest absolute Gasteiger partial charge is 0.494 e. The maximum atomic E-state index is 5.34. The van der Waals surface area contributed by atoms with Crippen LogP contribution in [-0.4, -0.2) is 6.61 Å². The highest BCUT2D eigenvalue weighted by molar-refractivity contribution is 9.10. The minimum atomic E-state index is 0.708. The summed E-state index contributed by atoms with van der Waals surface area (Å²) < 4.78 is 6.43. The van der Waals surface area contributed by atoms with Crippen LogP contribution in [-0.2, 0) is 5.33 Å². The standard InChI is InChI=1S/C9H10Br2O/c1-2-12-8-4-3-7(6-10)9(11)5-8/h3-5H,2,6H2,1H3. The number of hydrogen-bond donors (Lipinski definition) is 0. The van der Waals surface area contributed by atoms with Gasteiger partial charge < -0.3 is 4.74 Å². The second kappa shape index (κ2) is 4.87. The third-order valence-electron chi connectivity index (χ3n) is 1.48. The average molecular weight is 294 g/mol. The van der Waals surface area contributed by atoms with Crippen LogP contribution in [0.2, 0.25) is 0 Å². The number of ether oxygens (including phenoxy) is 1. The van der Waals surface area contributed by atoms with Gasteiger partial charge in [-0.25, -0.2) is 0 Å². The Hall–Kier alpha value is -0.0200. The van der Waals surface area contributed by atoms with Gasteiger partial charge >= 0.3 is 0 Å². The SMILES string of the molecule is CCOc1ccc(CBr)c(Br)c1. The van der Waals surface area contributed by atoms with Crippen molar-refractivity contribution in [2.45, 2.75) is 12.3 Å². The van der Waals surface area contributed by atoms with Gasteiger partial charge in [-0.15, -0.1) is 0 Å². The highest BCUT2D eigenvalue weighted by atomic mass is 79.9. The second-order valence-electron chi connectivity index (χ2n) is 2.32. The van der Waals surface area contributed by atoms with Gasteiger partial charge in [-0.05, 0) is 24.6 Å². The van der Waals surface area contributed by atoms with Crippen molar-refractivity contribution < 1.29 is 4.74 Å². The Balaban J connectivity index is 2.86. The minimum absolute atomic E-state index is 0.708. The Bertz CT molecular complexity index is 261. The first-order chi connectivity index (χ1) is 5.77. The highest BCUT2D eigenvalue weighted by Gasteiger charge is 1.99. The molecule has 1 nitrogen and oxygen atoms in total. The van der Waals surface area contributed by atoms with Crippen LogP contribution in [0, 0.1) is 0 Å². The molecule has 0 fully saturated rings. The zero-order valence-electron chi connectivity index (χ0n) is 6.81. The van der Waals surface area contributed by atoms with E-state index in [1.807, 2.05) is 25.1 Å². The Morgan fingerprint density at radius 1 is 1.42 bits per heavy atom. The van der Waals surface area contributed by atoms with Crippen LogP contribution in [0.3, 0.4) is 0 Å². The van der Waals surface area contributed by atoms with E-state index in [2.05, 4.69) is 31.9 Å². The quantitative estimate of drug-likeness (QED) is 0.772. The Morgan fingerprint density at radius 2 is 2.17 bits per heavy atom. The summed E-state index contributed by atoms with van der Waals surface area (Å²) in [5.74, 6) is 0.911. The molecule has 0 aliphatic heterocycles. The van der Waals surface area contributed by atoms with E-state index in [9.17, 15) is 0 Å². The van der Waals surface area contributed by atoms with Crippen LogP contribution >= 0.6 is 31.9 Å². The topological polar surface area (TPSA) is 9.23 Å². The summed E-state index contributed by atoms with van der Waals surface area (Å²) in [6.07, 6.45) is 0. The summed E-state index contributed by atoms with van der Waals surface area (Å²) in [7, 11) is 0. The van der Waals surface area contributed by atoms with Crippen LogP contribution in [0.15, 0.2) is 22.7 Å². The molecule has 0 saturated heterocycles.